The maximum atomic E-state index is 6.12. The molecule has 3 heteroatoms. The molecule has 134 valence electrons. The van der Waals surface area contributed by atoms with Crippen molar-refractivity contribution in [2.45, 2.75) is 33.3 Å². The summed E-state index contributed by atoms with van der Waals surface area (Å²) in [4.78, 5) is 7.35. The average molecular weight is 346 g/mol. The summed E-state index contributed by atoms with van der Waals surface area (Å²) in [6.07, 6.45) is 2.48. The van der Waals surface area contributed by atoms with E-state index >= 15 is 0 Å². The second kappa shape index (κ2) is 7.36. The van der Waals surface area contributed by atoms with Crippen LogP contribution in [0.1, 0.15) is 30.9 Å². The third kappa shape index (κ3) is 3.67. The molecule has 1 aliphatic rings. The van der Waals surface area contributed by atoms with Gasteiger partial charge in [0.05, 0.1) is 0 Å². The number of hydrogen-bond donors (Lipinski definition) is 0. The lowest BCUT2D eigenvalue weighted by molar-refractivity contribution is 0.309. The first-order valence-corrected chi connectivity index (χ1v) is 9.52. The molecule has 0 aliphatic carbocycles. The van der Waals surface area contributed by atoms with Crippen molar-refractivity contribution in [3.63, 3.8) is 0 Å². The van der Waals surface area contributed by atoms with Crippen LogP contribution in [0.25, 0.3) is 10.9 Å². The van der Waals surface area contributed by atoms with Gasteiger partial charge in [-0.25, -0.2) is 4.98 Å². The number of para-hydroxylation sites is 1. The molecular formula is C23H26N2O. The summed E-state index contributed by atoms with van der Waals surface area (Å²) in [5.74, 6) is 2.74. The normalized spacial score (nSPS) is 15.4. The Morgan fingerprint density at radius 1 is 1.00 bits per heavy atom. The van der Waals surface area contributed by atoms with Crippen molar-refractivity contribution in [3.8, 4) is 5.75 Å². The molecule has 0 amide bonds. The van der Waals surface area contributed by atoms with Crippen molar-refractivity contribution in [2.75, 3.05) is 18.0 Å². The first-order valence-electron chi connectivity index (χ1n) is 9.52. The highest BCUT2D eigenvalue weighted by Gasteiger charge is 2.17. The van der Waals surface area contributed by atoms with Crippen LogP contribution in [0.5, 0.6) is 5.75 Å². The van der Waals surface area contributed by atoms with Gasteiger partial charge in [0.15, 0.2) is 0 Å². The fraction of sp³-hybridized carbons (Fsp3) is 0.348. The van der Waals surface area contributed by atoms with E-state index in [1.54, 1.807) is 0 Å². The SMILES string of the molecule is Cc1ccc(COc2cccc3ccc(N4CCC(C)CC4)nc23)cc1. The van der Waals surface area contributed by atoms with Gasteiger partial charge < -0.3 is 9.64 Å². The summed E-state index contributed by atoms with van der Waals surface area (Å²) in [6.45, 7) is 7.18. The Labute approximate surface area is 155 Å². The van der Waals surface area contributed by atoms with Crippen LogP contribution < -0.4 is 9.64 Å². The van der Waals surface area contributed by atoms with Crippen LogP contribution in [0.2, 0.25) is 0 Å². The Hall–Kier alpha value is -2.55. The zero-order valence-corrected chi connectivity index (χ0v) is 15.6. The minimum Gasteiger partial charge on any atom is -0.487 e. The minimum absolute atomic E-state index is 0.562. The number of aryl methyl sites for hydroxylation is 1. The predicted molar refractivity (Wildman–Crippen MR) is 108 cm³/mol. The van der Waals surface area contributed by atoms with Gasteiger partial charge in [-0.2, -0.15) is 0 Å². The third-order valence-corrected chi connectivity index (χ3v) is 5.29. The quantitative estimate of drug-likeness (QED) is 0.636. The fourth-order valence-corrected chi connectivity index (χ4v) is 3.49. The standard InChI is InChI=1S/C23H26N2O/c1-17-6-8-19(9-7-17)16-26-21-5-3-4-20-10-11-22(24-23(20)21)25-14-12-18(2)13-15-25/h3-11,18H,12-16H2,1-2H3. The van der Waals surface area contributed by atoms with Gasteiger partial charge in [-0.15, -0.1) is 0 Å². The molecule has 3 aromatic rings. The van der Waals surface area contributed by atoms with Gasteiger partial charge in [-0.3, -0.25) is 0 Å². The van der Waals surface area contributed by atoms with Crippen LogP contribution in [0, 0.1) is 12.8 Å². The van der Waals surface area contributed by atoms with Crippen LogP contribution in [0.3, 0.4) is 0 Å². The van der Waals surface area contributed by atoms with Gasteiger partial charge in [-0.1, -0.05) is 48.9 Å². The molecule has 26 heavy (non-hydrogen) atoms. The van der Waals surface area contributed by atoms with Gasteiger partial charge in [-0.05, 0) is 49.4 Å². The van der Waals surface area contributed by atoms with E-state index in [-0.39, 0.29) is 0 Å². The van der Waals surface area contributed by atoms with Crippen molar-refractivity contribution < 1.29 is 4.74 Å². The van der Waals surface area contributed by atoms with Crippen LogP contribution >= 0.6 is 0 Å². The maximum Gasteiger partial charge on any atom is 0.146 e. The Morgan fingerprint density at radius 3 is 2.54 bits per heavy atom. The van der Waals surface area contributed by atoms with E-state index in [9.17, 15) is 0 Å². The molecular weight excluding hydrogens is 320 g/mol. The zero-order valence-electron chi connectivity index (χ0n) is 15.6. The number of piperidine rings is 1. The van der Waals surface area contributed by atoms with Gasteiger partial charge in [0.1, 0.15) is 23.7 Å². The van der Waals surface area contributed by atoms with E-state index in [1.807, 2.05) is 12.1 Å². The highest BCUT2D eigenvalue weighted by molar-refractivity contribution is 5.86. The molecule has 2 aromatic carbocycles. The number of rotatable bonds is 4. The Balaban J connectivity index is 1.58. The highest BCUT2D eigenvalue weighted by Crippen LogP contribution is 2.29. The summed E-state index contributed by atoms with van der Waals surface area (Å²) in [5.41, 5.74) is 3.39. The molecule has 0 unspecified atom stereocenters. The van der Waals surface area contributed by atoms with E-state index in [2.05, 4.69) is 61.2 Å². The molecule has 1 aromatic heterocycles. The van der Waals surface area contributed by atoms with Gasteiger partial charge in [0, 0.05) is 18.5 Å². The first-order chi connectivity index (χ1) is 12.7. The molecule has 0 spiro atoms. The summed E-state index contributed by atoms with van der Waals surface area (Å²) in [6, 6.07) is 18.9. The summed E-state index contributed by atoms with van der Waals surface area (Å²) in [5, 5.41) is 1.13. The number of benzene rings is 2. The molecule has 1 saturated heterocycles. The maximum absolute atomic E-state index is 6.12. The first kappa shape index (κ1) is 16.9. The molecule has 0 radical (unpaired) electrons. The summed E-state index contributed by atoms with van der Waals surface area (Å²) < 4.78 is 6.12. The second-order valence-electron chi connectivity index (χ2n) is 7.44. The fourth-order valence-electron chi connectivity index (χ4n) is 3.49. The lowest BCUT2D eigenvalue weighted by atomic mass is 9.99. The lowest BCUT2D eigenvalue weighted by Crippen LogP contribution is -2.33. The van der Waals surface area contributed by atoms with Crippen molar-refractivity contribution >= 4 is 16.7 Å². The number of pyridine rings is 1. The summed E-state index contributed by atoms with van der Waals surface area (Å²) in [7, 11) is 0. The molecule has 4 rings (SSSR count). The Morgan fingerprint density at radius 2 is 1.77 bits per heavy atom. The van der Waals surface area contributed by atoms with Crippen LogP contribution in [-0.2, 0) is 6.61 Å². The minimum atomic E-state index is 0.562. The van der Waals surface area contributed by atoms with Crippen molar-refractivity contribution in [1.29, 1.82) is 0 Å². The molecule has 3 nitrogen and oxygen atoms in total. The molecule has 0 bridgehead atoms. The molecule has 2 heterocycles. The Bertz CT molecular complexity index is 880. The van der Waals surface area contributed by atoms with E-state index in [4.69, 9.17) is 9.72 Å². The van der Waals surface area contributed by atoms with E-state index in [1.165, 1.54) is 24.0 Å². The topological polar surface area (TPSA) is 25.4 Å². The molecule has 0 saturated carbocycles. The number of aromatic nitrogens is 1. The van der Waals surface area contributed by atoms with Crippen LogP contribution in [-0.4, -0.2) is 18.1 Å². The van der Waals surface area contributed by atoms with Crippen molar-refractivity contribution in [3.05, 3.63) is 65.7 Å². The molecule has 0 atom stereocenters. The number of hydrogen-bond acceptors (Lipinski definition) is 3. The monoisotopic (exact) mass is 346 g/mol. The Kier molecular flexibility index (Phi) is 4.79. The van der Waals surface area contributed by atoms with Gasteiger partial charge >= 0.3 is 0 Å². The second-order valence-corrected chi connectivity index (χ2v) is 7.44. The molecule has 0 N–H and O–H groups in total. The average Bonchev–Trinajstić information content (AvgIpc) is 2.68. The van der Waals surface area contributed by atoms with Gasteiger partial charge in [0.25, 0.3) is 0 Å². The van der Waals surface area contributed by atoms with E-state index in [0.29, 0.717) is 6.61 Å². The van der Waals surface area contributed by atoms with Crippen molar-refractivity contribution in [2.24, 2.45) is 5.92 Å². The smallest absolute Gasteiger partial charge is 0.146 e. The predicted octanol–water partition coefficient (Wildman–Crippen LogP) is 5.36. The van der Waals surface area contributed by atoms with Crippen LogP contribution in [0.15, 0.2) is 54.6 Å². The number of nitrogens with zero attached hydrogens (tertiary/aromatic N) is 2. The number of fused-ring (bicyclic) bond motifs is 1. The highest BCUT2D eigenvalue weighted by atomic mass is 16.5. The lowest BCUT2D eigenvalue weighted by Gasteiger charge is -2.31. The number of ether oxygens (including phenoxy) is 1. The van der Waals surface area contributed by atoms with E-state index in [0.717, 1.165) is 41.5 Å². The van der Waals surface area contributed by atoms with Gasteiger partial charge in [0.2, 0.25) is 0 Å². The number of anilines is 1. The third-order valence-electron chi connectivity index (χ3n) is 5.29. The largest absolute Gasteiger partial charge is 0.487 e. The summed E-state index contributed by atoms with van der Waals surface area (Å²) >= 11 is 0. The van der Waals surface area contributed by atoms with Crippen molar-refractivity contribution in [1.82, 2.24) is 4.98 Å². The van der Waals surface area contributed by atoms with E-state index < -0.39 is 0 Å². The molecule has 1 aliphatic heterocycles. The zero-order chi connectivity index (χ0) is 17.9. The van der Waals surface area contributed by atoms with Crippen LogP contribution in [0.4, 0.5) is 5.82 Å². The molecule has 1 fully saturated rings.